The van der Waals surface area contributed by atoms with Crippen LogP contribution in [0.4, 0.5) is 0 Å². The van der Waals surface area contributed by atoms with E-state index in [2.05, 4.69) is 15.9 Å². The first-order valence-electron chi connectivity index (χ1n) is 4.59. The average molecular weight is 254 g/mol. The van der Waals surface area contributed by atoms with Crippen molar-refractivity contribution < 1.29 is 4.42 Å². The highest BCUT2D eigenvalue weighted by Gasteiger charge is 2.05. The molecule has 2 nitrogen and oxygen atoms in total. The van der Waals surface area contributed by atoms with Gasteiger partial charge in [0.25, 0.3) is 0 Å². The molecular formula is C11H12BrNO. The van der Waals surface area contributed by atoms with Gasteiger partial charge in [0.2, 0.25) is 0 Å². The zero-order chi connectivity index (χ0) is 10.1. The van der Waals surface area contributed by atoms with Gasteiger partial charge in [-0.05, 0) is 31.2 Å². The molecule has 0 spiro atoms. The molecule has 3 heteroatoms. The first kappa shape index (κ1) is 9.74. The van der Waals surface area contributed by atoms with Crippen molar-refractivity contribution in [3.8, 4) is 0 Å². The van der Waals surface area contributed by atoms with Gasteiger partial charge in [-0.15, -0.1) is 0 Å². The van der Waals surface area contributed by atoms with Crippen LogP contribution in [0.3, 0.4) is 0 Å². The Labute approximate surface area is 91.2 Å². The summed E-state index contributed by atoms with van der Waals surface area (Å²) in [6.45, 7) is 1.98. The number of fused-ring (bicyclic) bond motifs is 1. The molecule has 1 aromatic heterocycles. The molecule has 1 aromatic carbocycles. The van der Waals surface area contributed by atoms with E-state index in [1.807, 2.05) is 31.2 Å². The highest BCUT2D eigenvalue weighted by molar-refractivity contribution is 9.10. The zero-order valence-corrected chi connectivity index (χ0v) is 9.54. The van der Waals surface area contributed by atoms with E-state index in [1.54, 1.807) is 0 Å². The SMILES string of the molecule is CC(N)Cc1cc2ccc(Br)cc2o1. The highest BCUT2D eigenvalue weighted by Crippen LogP contribution is 2.23. The van der Waals surface area contributed by atoms with Crippen LogP contribution >= 0.6 is 15.9 Å². The monoisotopic (exact) mass is 253 g/mol. The minimum atomic E-state index is 0.138. The van der Waals surface area contributed by atoms with E-state index in [0.29, 0.717) is 0 Å². The fourth-order valence-corrected chi connectivity index (χ4v) is 1.82. The van der Waals surface area contributed by atoms with Crippen LogP contribution < -0.4 is 5.73 Å². The summed E-state index contributed by atoms with van der Waals surface area (Å²) in [6.07, 6.45) is 0.784. The van der Waals surface area contributed by atoms with Crippen molar-refractivity contribution in [3.63, 3.8) is 0 Å². The van der Waals surface area contributed by atoms with Gasteiger partial charge in [-0.1, -0.05) is 15.9 Å². The van der Waals surface area contributed by atoms with E-state index in [4.69, 9.17) is 10.2 Å². The molecule has 74 valence electrons. The first-order chi connectivity index (χ1) is 6.65. The maximum atomic E-state index is 5.71. The van der Waals surface area contributed by atoms with Crippen LogP contribution in [0.5, 0.6) is 0 Å². The van der Waals surface area contributed by atoms with Gasteiger partial charge in [-0.2, -0.15) is 0 Å². The number of halogens is 1. The molecule has 0 saturated heterocycles. The van der Waals surface area contributed by atoms with Crippen LogP contribution in [0.25, 0.3) is 11.0 Å². The number of furan rings is 1. The van der Waals surface area contributed by atoms with Crippen molar-refractivity contribution in [2.45, 2.75) is 19.4 Å². The second kappa shape index (κ2) is 3.75. The average Bonchev–Trinajstić information content (AvgIpc) is 2.44. The van der Waals surface area contributed by atoms with E-state index in [0.717, 1.165) is 27.6 Å². The van der Waals surface area contributed by atoms with Crippen LogP contribution in [0.15, 0.2) is 33.2 Å². The third-order valence-corrected chi connectivity index (χ3v) is 2.55. The molecular weight excluding hydrogens is 242 g/mol. The van der Waals surface area contributed by atoms with Crippen LogP contribution in [-0.2, 0) is 6.42 Å². The molecule has 14 heavy (non-hydrogen) atoms. The first-order valence-corrected chi connectivity index (χ1v) is 5.38. The van der Waals surface area contributed by atoms with Crippen molar-refractivity contribution in [2.75, 3.05) is 0 Å². The largest absolute Gasteiger partial charge is 0.461 e. The van der Waals surface area contributed by atoms with Gasteiger partial charge in [-0.3, -0.25) is 0 Å². The lowest BCUT2D eigenvalue weighted by Crippen LogP contribution is -2.17. The summed E-state index contributed by atoms with van der Waals surface area (Å²) in [4.78, 5) is 0. The van der Waals surface area contributed by atoms with Crippen molar-refractivity contribution in [2.24, 2.45) is 5.73 Å². The smallest absolute Gasteiger partial charge is 0.135 e. The fourth-order valence-electron chi connectivity index (χ4n) is 1.48. The normalized spacial score (nSPS) is 13.4. The Kier molecular flexibility index (Phi) is 2.61. The Hall–Kier alpha value is -0.800. The molecule has 2 aromatic rings. The Morgan fingerprint density at radius 1 is 1.43 bits per heavy atom. The Bertz CT molecular complexity index is 447. The van der Waals surface area contributed by atoms with E-state index in [9.17, 15) is 0 Å². The van der Waals surface area contributed by atoms with Gasteiger partial charge in [-0.25, -0.2) is 0 Å². The molecule has 2 rings (SSSR count). The van der Waals surface area contributed by atoms with Gasteiger partial charge in [0.1, 0.15) is 11.3 Å². The van der Waals surface area contributed by atoms with Crippen LogP contribution in [0, 0.1) is 0 Å². The lowest BCUT2D eigenvalue weighted by Gasteiger charge is -1.98. The highest BCUT2D eigenvalue weighted by atomic mass is 79.9. The summed E-state index contributed by atoms with van der Waals surface area (Å²) >= 11 is 3.41. The van der Waals surface area contributed by atoms with E-state index >= 15 is 0 Å². The minimum absolute atomic E-state index is 0.138. The molecule has 0 fully saturated rings. The molecule has 1 unspecified atom stereocenters. The van der Waals surface area contributed by atoms with Crippen LogP contribution in [0.2, 0.25) is 0 Å². The fraction of sp³-hybridized carbons (Fsp3) is 0.273. The molecule has 0 aliphatic rings. The molecule has 2 N–H and O–H groups in total. The third kappa shape index (κ3) is 1.99. The van der Waals surface area contributed by atoms with Crippen molar-refractivity contribution in [1.82, 2.24) is 0 Å². The molecule has 1 atom stereocenters. The number of rotatable bonds is 2. The molecule has 0 amide bonds. The maximum Gasteiger partial charge on any atom is 0.135 e. The van der Waals surface area contributed by atoms with E-state index < -0.39 is 0 Å². The second-order valence-corrected chi connectivity index (χ2v) is 4.49. The van der Waals surface area contributed by atoms with Crippen molar-refractivity contribution >= 4 is 26.9 Å². The summed E-state index contributed by atoms with van der Waals surface area (Å²) in [5, 5.41) is 1.13. The van der Waals surface area contributed by atoms with E-state index in [-0.39, 0.29) is 6.04 Å². The second-order valence-electron chi connectivity index (χ2n) is 3.58. The van der Waals surface area contributed by atoms with E-state index in [1.165, 1.54) is 0 Å². The number of hydrogen-bond donors (Lipinski definition) is 1. The maximum absolute atomic E-state index is 5.71. The van der Waals surface area contributed by atoms with Crippen molar-refractivity contribution in [1.29, 1.82) is 0 Å². The predicted molar refractivity (Wildman–Crippen MR) is 61.3 cm³/mol. The standard InChI is InChI=1S/C11H12BrNO/c1-7(13)4-10-5-8-2-3-9(12)6-11(8)14-10/h2-3,5-7H,4,13H2,1H3. The summed E-state index contributed by atoms with van der Waals surface area (Å²) in [5.74, 6) is 0.952. The zero-order valence-electron chi connectivity index (χ0n) is 7.96. The van der Waals surface area contributed by atoms with Gasteiger partial charge in [0.05, 0.1) is 0 Å². The lowest BCUT2D eigenvalue weighted by molar-refractivity contribution is 0.525. The quantitative estimate of drug-likeness (QED) is 0.894. The van der Waals surface area contributed by atoms with Gasteiger partial charge in [0.15, 0.2) is 0 Å². The molecule has 0 aliphatic carbocycles. The summed E-state index contributed by atoms with van der Waals surface area (Å²) in [6, 6.07) is 8.20. The molecule has 1 heterocycles. The predicted octanol–water partition coefficient (Wildman–Crippen LogP) is 3.09. The van der Waals surface area contributed by atoms with Crippen LogP contribution in [0.1, 0.15) is 12.7 Å². The Morgan fingerprint density at radius 2 is 2.21 bits per heavy atom. The molecule has 0 bridgehead atoms. The van der Waals surface area contributed by atoms with Crippen molar-refractivity contribution in [3.05, 3.63) is 34.5 Å². The van der Waals surface area contributed by atoms with Gasteiger partial charge in [0, 0.05) is 22.3 Å². The number of hydrogen-bond acceptors (Lipinski definition) is 2. The number of benzene rings is 1. The Morgan fingerprint density at radius 3 is 2.93 bits per heavy atom. The van der Waals surface area contributed by atoms with Gasteiger partial charge >= 0.3 is 0 Å². The van der Waals surface area contributed by atoms with Crippen LogP contribution in [-0.4, -0.2) is 6.04 Å². The van der Waals surface area contributed by atoms with Gasteiger partial charge < -0.3 is 10.2 Å². The third-order valence-electron chi connectivity index (χ3n) is 2.06. The minimum Gasteiger partial charge on any atom is -0.461 e. The lowest BCUT2D eigenvalue weighted by atomic mass is 10.2. The summed E-state index contributed by atoms with van der Waals surface area (Å²) < 4.78 is 6.68. The summed E-state index contributed by atoms with van der Waals surface area (Å²) in [7, 11) is 0. The topological polar surface area (TPSA) is 39.2 Å². The summed E-state index contributed by atoms with van der Waals surface area (Å²) in [5.41, 5.74) is 6.62. The molecule has 0 aliphatic heterocycles. The molecule has 0 radical (unpaired) electrons. The number of nitrogens with two attached hydrogens (primary N) is 1. The Balaban J connectivity index is 2.41. The molecule has 0 saturated carbocycles.